The van der Waals surface area contributed by atoms with Crippen molar-refractivity contribution in [3.63, 3.8) is 0 Å². The van der Waals surface area contributed by atoms with Crippen LogP contribution in [-0.4, -0.2) is 24.2 Å². The first-order chi connectivity index (χ1) is 8.30. The maximum atomic E-state index is 13.8. The Kier molecular flexibility index (Phi) is 3.00. The van der Waals surface area contributed by atoms with Crippen LogP contribution in [0, 0.1) is 17.0 Å². The lowest BCUT2D eigenvalue weighted by molar-refractivity contribution is 0.0695. The van der Waals surface area contributed by atoms with Crippen molar-refractivity contribution in [3.05, 3.63) is 29.3 Å². The van der Waals surface area contributed by atoms with E-state index in [4.69, 9.17) is 5.11 Å². The first-order valence-electron chi connectivity index (χ1n) is 5.77. The molecule has 1 saturated heterocycles. The molecule has 0 radical (unpaired) electrons. The summed E-state index contributed by atoms with van der Waals surface area (Å²) in [7, 11) is 0. The smallest absolute Gasteiger partial charge is 0.335 e. The van der Waals surface area contributed by atoms with Gasteiger partial charge in [0, 0.05) is 13.1 Å². The minimum absolute atomic E-state index is 0.0182. The Morgan fingerprint density at radius 3 is 2.28 bits per heavy atom. The summed E-state index contributed by atoms with van der Waals surface area (Å²) < 4.78 is 27.7. The number of carboxylic acids is 1. The summed E-state index contributed by atoms with van der Waals surface area (Å²) in [5.74, 6) is -2.96. The van der Waals surface area contributed by atoms with Crippen LogP contribution in [0.5, 0.6) is 0 Å². The quantitative estimate of drug-likeness (QED) is 0.883. The Morgan fingerprint density at radius 1 is 1.33 bits per heavy atom. The summed E-state index contributed by atoms with van der Waals surface area (Å²) in [6, 6.07) is 1.73. The van der Waals surface area contributed by atoms with Gasteiger partial charge in [0.15, 0.2) is 0 Å². The second-order valence-corrected chi connectivity index (χ2v) is 5.43. The van der Waals surface area contributed by atoms with E-state index in [2.05, 4.69) is 0 Å². The van der Waals surface area contributed by atoms with Crippen molar-refractivity contribution < 1.29 is 18.7 Å². The highest BCUT2D eigenvalue weighted by atomic mass is 19.1. The summed E-state index contributed by atoms with van der Waals surface area (Å²) in [6.45, 7) is 5.21. The average Bonchev–Trinajstić information content (AvgIpc) is 2.57. The van der Waals surface area contributed by atoms with Gasteiger partial charge in [-0.1, -0.05) is 13.8 Å². The van der Waals surface area contributed by atoms with Gasteiger partial charge in [-0.15, -0.1) is 0 Å². The van der Waals surface area contributed by atoms with Gasteiger partial charge >= 0.3 is 5.97 Å². The van der Waals surface area contributed by atoms with E-state index in [1.807, 2.05) is 13.8 Å². The van der Waals surface area contributed by atoms with Gasteiger partial charge in [0.25, 0.3) is 0 Å². The predicted molar refractivity (Wildman–Crippen MR) is 63.9 cm³/mol. The van der Waals surface area contributed by atoms with Crippen LogP contribution in [0.15, 0.2) is 12.1 Å². The van der Waals surface area contributed by atoms with Gasteiger partial charge in [0.05, 0.1) is 5.56 Å². The highest BCUT2D eigenvalue weighted by molar-refractivity contribution is 5.88. The molecule has 2 rings (SSSR count). The third-order valence-corrected chi connectivity index (χ3v) is 3.26. The fourth-order valence-corrected chi connectivity index (χ4v) is 2.29. The molecule has 3 nitrogen and oxygen atoms in total. The molecule has 18 heavy (non-hydrogen) atoms. The van der Waals surface area contributed by atoms with E-state index in [-0.39, 0.29) is 16.7 Å². The minimum Gasteiger partial charge on any atom is -0.478 e. The van der Waals surface area contributed by atoms with Crippen LogP contribution >= 0.6 is 0 Å². The zero-order valence-electron chi connectivity index (χ0n) is 10.3. The van der Waals surface area contributed by atoms with E-state index >= 15 is 0 Å². The average molecular weight is 255 g/mol. The van der Waals surface area contributed by atoms with Crippen LogP contribution < -0.4 is 4.90 Å². The fourth-order valence-electron chi connectivity index (χ4n) is 2.29. The molecule has 98 valence electrons. The van der Waals surface area contributed by atoms with Crippen LogP contribution in [0.2, 0.25) is 0 Å². The largest absolute Gasteiger partial charge is 0.478 e. The number of benzene rings is 1. The number of hydrogen-bond acceptors (Lipinski definition) is 2. The Bertz CT molecular complexity index is 477. The van der Waals surface area contributed by atoms with Gasteiger partial charge in [-0.3, -0.25) is 0 Å². The molecule has 0 saturated carbocycles. The predicted octanol–water partition coefficient (Wildman–Crippen LogP) is 2.90. The first kappa shape index (κ1) is 12.8. The van der Waals surface area contributed by atoms with E-state index in [0.29, 0.717) is 13.1 Å². The highest BCUT2D eigenvalue weighted by Gasteiger charge is 2.32. The fraction of sp³-hybridized carbons (Fsp3) is 0.462. The summed E-state index contributed by atoms with van der Waals surface area (Å²) in [6.07, 6.45) is 0.854. The number of rotatable bonds is 2. The van der Waals surface area contributed by atoms with Crippen molar-refractivity contribution in [2.75, 3.05) is 18.0 Å². The number of nitrogens with zero attached hydrogens (tertiary/aromatic N) is 1. The van der Waals surface area contributed by atoms with E-state index in [9.17, 15) is 13.6 Å². The summed E-state index contributed by atoms with van der Waals surface area (Å²) in [5, 5.41) is 8.73. The van der Waals surface area contributed by atoms with Crippen LogP contribution in [0.25, 0.3) is 0 Å². The van der Waals surface area contributed by atoms with Gasteiger partial charge in [-0.25, -0.2) is 13.6 Å². The molecule has 0 amide bonds. The van der Waals surface area contributed by atoms with Crippen molar-refractivity contribution >= 4 is 11.7 Å². The van der Waals surface area contributed by atoms with Crippen molar-refractivity contribution in [2.45, 2.75) is 20.3 Å². The SMILES string of the molecule is CC1(C)CCN(c2c(F)cc(C(=O)O)cc2F)C1. The molecule has 0 spiro atoms. The Balaban J connectivity index is 2.38. The lowest BCUT2D eigenvalue weighted by atomic mass is 9.93. The molecule has 1 aliphatic rings. The molecule has 0 bridgehead atoms. The van der Waals surface area contributed by atoms with Crippen LogP contribution in [0.3, 0.4) is 0 Å². The Hall–Kier alpha value is -1.65. The van der Waals surface area contributed by atoms with Gasteiger partial charge < -0.3 is 10.0 Å². The molecule has 1 N–H and O–H groups in total. The molecule has 1 aromatic carbocycles. The van der Waals surface area contributed by atoms with Crippen LogP contribution in [-0.2, 0) is 0 Å². The molecule has 0 aromatic heterocycles. The molecule has 1 aliphatic heterocycles. The van der Waals surface area contributed by atoms with Crippen LogP contribution in [0.1, 0.15) is 30.6 Å². The third-order valence-electron chi connectivity index (χ3n) is 3.26. The van der Waals surface area contributed by atoms with Gasteiger partial charge in [-0.2, -0.15) is 0 Å². The maximum absolute atomic E-state index is 13.8. The van der Waals surface area contributed by atoms with E-state index in [1.165, 1.54) is 0 Å². The molecular weight excluding hydrogens is 240 g/mol. The number of carbonyl (C=O) groups is 1. The van der Waals surface area contributed by atoms with E-state index < -0.39 is 17.6 Å². The molecule has 1 heterocycles. The maximum Gasteiger partial charge on any atom is 0.335 e. The molecule has 0 aliphatic carbocycles. The van der Waals surface area contributed by atoms with Crippen LogP contribution in [0.4, 0.5) is 14.5 Å². The molecular formula is C13H15F2NO2. The molecule has 1 aromatic rings. The zero-order valence-corrected chi connectivity index (χ0v) is 10.3. The second kappa shape index (κ2) is 4.23. The Morgan fingerprint density at radius 2 is 1.89 bits per heavy atom. The monoisotopic (exact) mass is 255 g/mol. The molecule has 0 atom stereocenters. The molecule has 1 fully saturated rings. The number of halogens is 2. The van der Waals surface area contributed by atoms with Crippen molar-refractivity contribution in [2.24, 2.45) is 5.41 Å². The number of hydrogen-bond donors (Lipinski definition) is 1. The normalized spacial score (nSPS) is 18.1. The van der Waals surface area contributed by atoms with Crippen molar-refractivity contribution in [1.82, 2.24) is 0 Å². The number of carboxylic acid groups (broad SMARTS) is 1. The second-order valence-electron chi connectivity index (χ2n) is 5.43. The van der Waals surface area contributed by atoms with Crippen molar-refractivity contribution in [3.8, 4) is 0 Å². The third kappa shape index (κ3) is 2.30. The summed E-state index contributed by atoms with van der Waals surface area (Å²) in [5.41, 5.74) is -0.470. The summed E-state index contributed by atoms with van der Waals surface area (Å²) >= 11 is 0. The highest BCUT2D eigenvalue weighted by Crippen LogP contribution is 2.35. The van der Waals surface area contributed by atoms with Gasteiger partial charge in [0.1, 0.15) is 17.3 Å². The number of aromatic carboxylic acids is 1. The Labute approximate surface area is 104 Å². The zero-order chi connectivity index (χ0) is 13.5. The lowest BCUT2D eigenvalue weighted by Gasteiger charge is -2.22. The topological polar surface area (TPSA) is 40.5 Å². The van der Waals surface area contributed by atoms with Gasteiger partial charge in [-0.05, 0) is 24.0 Å². The molecule has 5 heteroatoms. The number of anilines is 1. The first-order valence-corrected chi connectivity index (χ1v) is 5.77. The van der Waals surface area contributed by atoms with Gasteiger partial charge in [0.2, 0.25) is 0 Å². The summed E-state index contributed by atoms with van der Waals surface area (Å²) in [4.78, 5) is 12.3. The minimum atomic E-state index is -1.33. The molecule has 0 unspecified atom stereocenters. The van der Waals surface area contributed by atoms with E-state index in [0.717, 1.165) is 18.6 Å². The lowest BCUT2D eigenvalue weighted by Crippen LogP contribution is -2.25. The van der Waals surface area contributed by atoms with E-state index in [1.54, 1.807) is 4.90 Å². The van der Waals surface area contributed by atoms with Crippen molar-refractivity contribution in [1.29, 1.82) is 0 Å². The standard InChI is InChI=1S/C13H15F2NO2/c1-13(2)3-4-16(7-13)11-9(14)5-8(12(17)18)6-10(11)15/h5-6H,3-4,7H2,1-2H3,(H,17,18).